The van der Waals surface area contributed by atoms with E-state index >= 15 is 0 Å². The maximum absolute atomic E-state index is 11.1. The molecule has 0 bridgehead atoms. The maximum atomic E-state index is 11.1. The van der Waals surface area contributed by atoms with Gasteiger partial charge in [-0.15, -0.1) is 0 Å². The van der Waals surface area contributed by atoms with Crippen LogP contribution in [-0.4, -0.2) is 25.0 Å². The molecule has 0 aliphatic carbocycles. The van der Waals surface area contributed by atoms with Crippen LogP contribution in [0.25, 0.3) is 0 Å². The van der Waals surface area contributed by atoms with Crippen LogP contribution in [0.15, 0.2) is 24.3 Å². The first kappa shape index (κ1) is 27.8. The molecule has 0 aromatic heterocycles. The molecule has 0 saturated heterocycles. The number of hydrogen-bond acceptors (Lipinski definition) is 3. The van der Waals surface area contributed by atoms with E-state index in [4.69, 9.17) is 24.8 Å². The molecular weight excluding hydrogens is 349 g/mol. The molecule has 7 nitrogen and oxygen atoms in total. The van der Waals surface area contributed by atoms with Crippen molar-refractivity contribution >= 4 is 15.2 Å². The molecule has 0 aliphatic rings. The van der Waals surface area contributed by atoms with Crippen LogP contribution in [0, 0.1) is 11.3 Å². The van der Waals surface area contributed by atoms with Gasteiger partial charge in [0.25, 0.3) is 0 Å². The molecular formula is C9H11NNa3O6P2+3. The summed E-state index contributed by atoms with van der Waals surface area (Å²) in [5.41, 5.74) is 0.536. The van der Waals surface area contributed by atoms with Gasteiger partial charge in [0.05, 0.1) is 11.6 Å². The SMILES string of the molecule is N#Cc1cccc(CC(P(=O)(O)O)P(=O)(O)O)c1.[Na+].[Na+].[Na+]. The van der Waals surface area contributed by atoms with Gasteiger partial charge in [0.1, 0.15) is 0 Å². The van der Waals surface area contributed by atoms with E-state index in [-0.39, 0.29) is 99.8 Å². The van der Waals surface area contributed by atoms with E-state index in [1.165, 1.54) is 24.3 Å². The molecule has 0 spiro atoms. The Bertz CT molecular complexity index is 559. The molecule has 21 heavy (non-hydrogen) atoms. The second-order valence-electron chi connectivity index (χ2n) is 3.68. The first-order chi connectivity index (χ1) is 8.14. The Morgan fingerprint density at radius 2 is 1.52 bits per heavy atom. The van der Waals surface area contributed by atoms with Gasteiger partial charge in [-0.05, 0) is 24.1 Å². The molecule has 0 radical (unpaired) electrons. The van der Waals surface area contributed by atoms with Crippen LogP contribution < -0.4 is 88.7 Å². The number of nitrogens with zero attached hydrogens (tertiary/aromatic N) is 1. The Labute approximate surface area is 188 Å². The summed E-state index contributed by atoms with van der Waals surface area (Å²) in [6.07, 6.45) is -0.496. The molecule has 0 atom stereocenters. The van der Waals surface area contributed by atoms with Crippen LogP contribution in [0.1, 0.15) is 11.1 Å². The average molecular weight is 360 g/mol. The van der Waals surface area contributed by atoms with E-state index in [0.717, 1.165) is 0 Å². The van der Waals surface area contributed by atoms with E-state index in [9.17, 15) is 9.13 Å². The molecule has 0 fully saturated rings. The molecule has 0 saturated carbocycles. The molecule has 12 heteroatoms. The molecule has 98 valence electrons. The normalized spacial score (nSPS) is 10.7. The second kappa shape index (κ2) is 11.5. The van der Waals surface area contributed by atoms with E-state index < -0.39 is 27.0 Å². The summed E-state index contributed by atoms with van der Waals surface area (Å²) < 4.78 is 22.1. The Hall–Kier alpha value is 2.01. The van der Waals surface area contributed by atoms with Gasteiger partial charge in [-0.25, -0.2) is 0 Å². The predicted octanol–water partition coefficient (Wildman–Crippen LogP) is -8.21. The van der Waals surface area contributed by atoms with E-state index in [2.05, 4.69) is 0 Å². The van der Waals surface area contributed by atoms with Crippen molar-refractivity contribution in [2.75, 3.05) is 0 Å². The molecule has 1 aromatic rings. The zero-order valence-electron chi connectivity index (χ0n) is 12.0. The first-order valence-electron chi connectivity index (χ1n) is 4.74. The fraction of sp³-hybridized carbons (Fsp3) is 0.222. The monoisotopic (exact) mass is 360 g/mol. The quantitative estimate of drug-likeness (QED) is 0.309. The second-order valence-corrected chi connectivity index (χ2v) is 7.69. The molecule has 4 N–H and O–H groups in total. The fourth-order valence-corrected chi connectivity index (χ4v) is 3.88. The van der Waals surface area contributed by atoms with Crippen molar-refractivity contribution in [3.63, 3.8) is 0 Å². The van der Waals surface area contributed by atoms with Gasteiger partial charge in [0.15, 0.2) is 5.40 Å². The van der Waals surface area contributed by atoms with Gasteiger partial charge in [-0.2, -0.15) is 5.26 Å². The minimum atomic E-state index is -4.93. The molecule has 0 amide bonds. The van der Waals surface area contributed by atoms with E-state index in [1.807, 2.05) is 6.07 Å². The van der Waals surface area contributed by atoms with Crippen LogP contribution in [0.3, 0.4) is 0 Å². The third-order valence-electron chi connectivity index (χ3n) is 2.25. The van der Waals surface area contributed by atoms with Crippen molar-refractivity contribution in [3.8, 4) is 6.07 Å². The average Bonchev–Trinajstić information content (AvgIpc) is 2.23. The number of rotatable bonds is 4. The Balaban J connectivity index is -0.00000108. The van der Waals surface area contributed by atoms with Crippen LogP contribution in [0.4, 0.5) is 0 Å². The molecule has 0 heterocycles. The predicted molar refractivity (Wildman–Crippen MR) is 62.7 cm³/mol. The summed E-state index contributed by atoms with van der Waals surface area (Å²) in [6.45, 7) is 0. The third kappa shape index (κ3) is 9.79. The van der Waals surface area contributed by atoms with E-state index in [1.54, 1.807) is 0 Å². The number of nitriles is 1. The molecule has 0 unspecified atom stereocenters. The Morgan fingerprint density at radius 1 is 1.05 bits per heavy atom. The summed E-state index contributed by atoms with van der Waals surface area (Å²) >= 11 is 0. The fourth-order valence-electron chi connectivity index (χ4n) is 1.41. The molecule has 0 aliphatic heterocycles. The van der Waals surface area contributed by atoms with Crippen LogP contribution >= 0.6 is 15.2 Å². The zero-order valence-corrected chi connectivity index (χ0v) is 19.8. The Kier molecular flexibility index (Phi) is 15.3. The first-order valence-corrected chi connectivity index (χ1v) is 8.10. The summed E-state index contributed by atoms with van der Waals surface area (Å²) in [7, 11) is -9.86. The van der Waals surface area contributed by atoms with Crippen molar-refractivity contribution in [1.29, 1.82) is 5.26 Å². The molecule has 1 aromatic carbocycles. The summed E-state index contributed by atoms with van der Waals surface area (Å²) in [4.78, 5) is 35.8. The van der Waals surface area contributed by atoms with Crippen molar-refractivity contribution in [3.05, 3.63) is 35.4 Å². The van der Waals surface area contributed by atoms with Crippen LogP contribution in [0.2, 0.25) is 0 Å². The summed E-state index contributed by atoms with van der Waals surface area (Å²) in [5, 5.41) is 6.57. The number of hydrogen-bond donors (Lipinski definition) is 4. The van der Waals surface area contributed by atoms with Crippen molar-refractivity contribution in [2.45, 2.75) is 11.8 Å². The minimum Gasteiger partial charge on any atom is -0.324 e. The Morgan fingerprint density at radius 3 is 1.90 bits per heavy atom. The van der Waals surface area contributed by atoms with Gasteiger partial charge in [0.2, 0.25) is 0 Å². The summed E-state index contributed by atoms with van der Waals surface area (Å²) in [5.74, 6) is 0. The minimum absolute atomic E-state index is 0. The maximum Gasteiger partial charge on any atom is 1.00 e. The van der Waals surface area contributed by atoms with Crippen molar-refractivity contribution in [1.82, 2.24) is 0 Å². The van der Waals surface area contributed by atoms with Crippen LogP contribution in [0.5, 0.6) is 0 Å². The van der Waals surface area contributed by atoms with Gasteiger partial charge < -0.3 is 19.6 Å². The third-order valence-corrected chi connectivity index (χ3v) is 5.97. The van der Waals surface area contributed by atoms with Gasteiger partial charge in [-0.3, -0.25) is 9.13 Å². The topological polar surface area (TPSA) is 139 Å². The summed E-state index contributed by atoms with van der Waals surface area (Å²) in [6, 6.07) is 7.56. The zero-order chi connectivity index (χ0) is 14.0. The number of benzene rings is 1. The van der Waals surface area contributed by atoms with Crippen LogP contribution in [-0.2, 0) is 15.6 Å². The largest absolute Gasteiger partial charge is 1.00 e. The van der Waals surface area contributed by atoms with E-state index in [0.29, 0.717) is 0 Å². The van der Waals surface area contributed by atoms with Crippen molar-refractivity contribution < 1.29 is 117 Å². The smallest absolute Gasteiger partial charge is 0.324 e. The molecule has 1 rings (SSSR count). The van der Waals surface area contributed by atoms with Crippen molar-refractivity contribution in [2.24, 2.45) is 0 Å². The van der Waals surface area contributed by atoms with Gasteiger partial charge in [-0.1, -0.05) is 12.1 Å². The van der Waals surface area contributed by atoms with Gasteiger partial charge >= 0.3 is 104 Å². The standard InChI is InChI=1S/C9H11NO6P2.3Na/c10-6-8-3-1-2-7(4-8)5-9(17(11,12)13)18(14,15)16;;;/h1-4,9H,5H2,(H2,11,12,13)(H2,14,15,16);;;/q;3*+1. The van der Waals surface area contributed by atoms with Gasteiger partial charge in [0, 0.05) is 0 Å².